The van der Waals surface area contributed by atoms with Crippen molar-refractivity contribution in [3.63, 3.8) is 0 Å². The first-order chi connectivity index (χ1) is 8.92. The number of nitrogens with one attached hydrogen (secondary N) is 1. The van der Waals surface area contributed by atoms with Crippen LogP contribution in [0.2, 0.25) is 0 Å². The van der Waals surface area contributed by atoms with Crippen molar-refractivity contribution >= 4 is 21.4 Å². The zero-order valence-corrected chi connectivity index (χ0v) is 12.3. The van der Waals surface area contributed by atoms with Gasteiger partial charge in [0.2, 0.25) is 5.09 Å². The molecule has 0 aliphatic heterocycles. The summed E-state index contributed by atoms with van der Waals surface area (Å²) in [5.74, 6) is 0.444. The number of nitrogens with two attached hydrogens (primary N) is 1. The number of aryl methyl sites for hydroxylation is 1. The first kappa shape index (κ1) is 14.3. The van der Waals surface area contributed by atoms with Gasteiger partial charge in [-0.2, -0.15) is 0 Å². The molecule has 3 N–H and O–H groups in total. The second-order valence-corrected chi connectivity index (χ2v) is 7.18. The van der Waals surface area contributed by atoms with Crippen molar-refractivity contribution in [2.45, 2.75) is 31.5 Å². The van der Waals surface area contributed by atoms with E-state index in [-0.39, 0.29) is 17.7 Å². The first-order valence-electron chi connectivity index (χ1n) is 5.80. The van der Waals surface area contributed by atoms with Gasteiger partial charge in [0.25, 0.3) is 10.0 Å². The Bertz CT molecular complexity index is 658. The second kappa shape index (κ2) is 5.46. The smallest absolute Gasteiger partial charge is 0.274 e. The minimum absolute atomic E-state index is 0.104. The highest BCUT2D eigenvalue weighted by atomic mass is 32.2. The summed E-state index contributed by atoms with van der Waals surface area (Å²) >= 11 is 1.56. The highest BCUT2D eigenvalue weighted by molar-refractivity contribution is 7.89. The monoisotopic (exact) mass is 300 g/mol. The Morgan fingerprint density at radius 2 is 2.11 bits per heavy atom. The lowest BCUT2D eigenvalue weighted by molar-refractivity contribution is 0.411. The van der Waals surface area contributed by atoms with Gasteiger partial charge in [-0.05, 0) is 38.1 Å². The maximum atomic E-state index is 12.1. The van der Waals surface area contributed by atoms with Crippen LogP contribution in [-0.4, -0.2) is 8.42 Å². The van der Waals surface area contributed by atoms with Gasteiger partial charge in [-0.25, -0.2) is 13.1 Å². The third-order valence-corrected chi connectivity index (χ3v) is 5.22. The molecule has 5 nitrogen and oxygen atoms in total. The van der Waals surface area contributed by atoms with E-state index in [0.717, 1.165) is 9.75 Å². The minimum atomic E-state index is -3.65. The summed E-state index contributed by atoms with van der Waals surface area (Å²) in [6.45, 7) is 3.96. The molecule has 7 heteroatoms. The lowest BCUT2D eigenvalue weighted by Crippen LogP contribution is -2.26. The molecule has 19 heavy (non-hydrogen) atoms. The van der Waals surface area contributed by atoms with Crippen LogP contribution in [0.4, 0.5) is 0 Å². The molecule has 2 heterocycles. The van der Waals surface area contributed by atoms with Crippen LogP contribution in [-0.2, 0) is 16.6 Å². The van der Waals surface area contributed by atoms with E-state index in [2.05, 4.69) is 4.72 Å². The lowest BCUT2D eigenvalue weighted by atomic mass is 10.3. The number of hydrogen-bond acceptors (Lipinski definition) is 5. The predicted octanol–water partition coefficient (Wildman–Crippen LogP) is 2.15. The quantitative estimate of drug-likeness (QED) is 0.886. The van der Waals surface area contributed by atoms with E-state index >= 15 is 0 Å². The number of furan rings is 1. The Balaban J connectivity index is 2.17. The molecule has 0 fully saturated rings. The summed E-state index contributed by atoms with van der Waals surface area (Å²) < 4.78 is 32.0. The predicted molar refractivity (Wildman–Crippen MR) is 74.4 cm³/mol. The summed E-state index contributed by atoms with van der Waals surface area (Å²) in [5, 5.41) is -0.104. The van der Waals surface area contributed by atoms with E-state index in [1.165, 1.54) is 6.07 Å². The second-order valence-electron chi connectivity index (χ2n) is 4.22. The highest BCUT2D eigenvalue weighted by Gasteiger charge is 2.22. The van der Waals surface area contributed by atoms with Gasteiger partial charge in [-0.15, -0.1) is 11.3 Å². The average Bonchev–Trinajstić information content (AvgIpc) is 2.96. The number of sulfonamides is 1. The Morgan fingerprint density at radius 1 is 1.37 bits per heavy atom. The van der Waals surface area contributed by atoms with E-state index in [9.17, 15) is 8.42 Å². The largest absolute Gasteiger partial charge is 0.447 e. The first-order valence-corrected chi connectivity index (χ1v) is 8.10. The molecule has 0 radical (unpaired) electrons. The SMILES string of the molecule is Cc1ccc(C(C)NS(=O)(=O)c2ccc(CN)o2)s1. The van der Waals surface area contributed by atoms with Gasteiger partial charge in [0.1, 0.15) is 5.76 Å². The fourth-order valence-electron chi connectivity index (χ4n) is 1.65. The summed E-state index contributed by atoms with van der Waals surface area (Å²) in [5.41, 5.74) is 5.39. The van der Waals surface area contributed by atoms with Crippen LogP contribution in [0.15, 0.2) is 33.8 Å². The average molecular weight is 300 g/mol. The zero-order chi connectivity index (χ0) is 14.0. The Kier molecular flexibility index (Phi) is 4.10. The van der Waals surface area contributed by atoms with E-state index < -0.39 is 10.0 Å². The van der Waals surface area contributed by atoms with Crippen molar-refractivity contribution in [1.29, 1.82) is 0 Å². The Labute approximate surface area is 116 Å². The van der Waals surface area contributed by atoms with E-state index in [0.29, 0.717) is 5.76 Å². The molecule has 0 aliphatic rings. The fourth-order valence-corrected chi connectivity index (χ4v) is 3.77. The molecule has 2 aromatic rings. The third kappa shape index (κ3) is 3.24. The Hall–Kier alpha value is -1.15. The van der Waals surface area contributed by atoms with Crippen LogP contribution in [0, 0.1) is 6.92 Å². The van der Waals surface area contributed by atoms with Crippen molar-refractivity contribution in [1.82, 2.24) is 4.72 Å². The third-order valence-electron chi connectivity index (χ3n) is 2.62. The van der Waals surface area contributed by atoms with Gasteiger partial charge in [0.05, 0.1) is 12.6 Å². The van der Waals surface area contributed by atoms with Crippen molar-refractivity contribution in [2.75, 3.05) is 0 Å². The van der Waals surface area contributed by atoms with Crippen molar-refractivity contribution in [2.24, 2.45) is 5.73 Å². The maximum absolute atomic E-state index is 12.1. The van der Waals surface area contributed by atoms with Crippen molar-refractivity contribution in [3.8, 4) is 0 Å². The summed E-state index contributed by atoms with van der Waals surface area (Å²) in [6.07, 6.45) is 0. The molecular weight excluding hydrogens is 284 g/mol. The minimum Gasteiger partial charge on any atom is -0.447 e. The summed E-state index contributed by atoms with van der Waals surface area (Å²) in [6, 6.07) is 6.56. The molecule has 0 aliphatic carbocycles. The van der Waals surface area contributed by atoms with E-state index in [1.807, 2.05) is 19.1 Å². The maximum Gasteiger partial charge on any atom is 0.274 e. The van der Waals surface area contributed by atoms with Crippen LogP contribution in [0.5, 0.6) is 0 Å². The topological polar surface area (TPSA) is 85.3 Å². The van der Waals surface area contributed by atoms with Crippen LogP contribution >= 0.6 is 11.3 Å². The van der Waals surface area contributed by atoms with Crippen molar-refractivity contribution in [3.05, 3.63) is 39.8 Å². The van der Waals surface area contributed by atoms with Crippen LogP contribution < -0.4 is 10.5 Å². The molecule has 104 valence electrons. The lowest BCUT2D eigenvalue weighted by Gasteiger charge is -2.11. The molecular formula is C12H16N2O3S2. The number of hydrogen-bond donors (Lipinski definition) is 2. The summed E-state index contributed by atoms with van der Waals surface area (Å²) in [7, 11) is -3.65. The van der Waals surface area contributed by atoms with E-state index in [4.69, 9.17) is 10.2 Å². The van der Waals surface area contributed by atoms with Gasteiger partial charge >= 0.3 is 0 Å². The number of thiophene rings is 1. The summed E-state index contributed by atoms with van der Waals surface area (Å²) in [4.78, 5) is 2.11. The zero-order valence-electron chi connectivity index (χ0n) is 10.7. The van der Waals surface area contributed by atoms with Gasteiger partial charge in [-0.3, -0.25) is 0 Å². The molecule has 2 rings (SSSR count). The van der Waals surface area contributed by atoms with Gasteiger partial charge in [0, 0.05) is 9.75 Å². The molecule has 0 spiro atoms. The van der Waals surface area contributed by atoms with Gasteiger partial charge in [0.15, 0.2) is 0 Å². The molecule has 1 unspecified atom stereocenters. The molecule has 0 amide bonds. The Morgan fingerprint density at radius 3 is 2.63 bits per heavy atom. The normalized spacial score (nSPS) is 13.6. The van der Waals surface area contributed by atoms with E-state index in [1.54, 1.807) is 24.3 Å². The number of rotatable bonds is 5. The van der Waals surface area contributed by atoms with Gasteiger partial charge < -0.3 is 10.2 Å². The molecule has 0 saturated heterocycles. The molecule has 1 atom stereocenters. The molecule has 0 bridgehead atoms. The fraction of sp³-hybridized carbons (Fsp3) is 0.333. The molecule has 0 saturated carbocycles. The van der Waals surface area contributed by atoms with Crippen LogP contribution in [0.1, 0.15) is 28.5 Å². The van der Waals surface area contributed by atoms with Crippen molar-refractivity contribution < 1.29 is 12.8 Å². The van der Waals surface area contributed by atoms with Gasteiger partial charge in [-0.1, -0.05) is 0 Å². The highest BCUT2D eigenvalue weighted by Crippen LogP contribution is 2.24. The standard InChI is InChI=1S/C12H16N2O3S2/c1-8-3-5-11(18-8)9(2)14-19(15,16)12-6-4-10(7-13)17-12/h3-6,9,14H,7,13H2,1-2H3. The molecule has 0 aromatic carbocycles. The van der Waals surface area contributed by atoms with Crippen LogP contribution in [0.25, 0.3) is 0 Å². The van der Waals surface area contributed by atoms with Crippen LogP contribution in [0.3, 0.4) is 0 Å². The molecule has 2 aromatic heterocycles.